The summed E-state index contributed by atoms with van der Waals surface area (Å²) < 4.78 is 23.3. The zero-order valence-corrected chi connectivity index (χ0v) is 43.8. The largest absolute Gasteiger partial charge is 0.756 e. The summed E-state index contributed by atoms with van der Waals surface area (Å²) in [6, 6.07) is -0.909. The molecule has 0 aliphatic carbocycles. The minimum absolute atomic E-state index is 0.00999. The lowest BCUT2D eigenvalue weighted by Crippen LogP contribution is -2.45. The van der Waals surface area contributed by atoms with Gasteiger partial charge in [-0.3, -0.25) is 9.36 Å². The number of carbonyl (C=O) groups is 1. The number of amides is 1. The number of phosphoric acid groups is 1. The van der Waals surface area contributed by atoms with Crippen molar-refractivity contribution in [2.45, 2.75) is 238 Å². The van der Waals surface area contributed by atoms with Gasteiger partial charge in [-0.25, -0.2) is 0 Å². The number of phosphoric ester groups is 1. The standard InChI is InChI=1S/C56H103N2O6P/c1-6-8-10-12-14-16-18-20-22-24-26-28-29-30-32-34-36-38-40-42-44-46-48-50-56(60)57-54(53-64-65(61,62)63-52-51-58(3,4)5)55(59)49-47-45-43-41-39-37-35-33-31-27-25-23-21-19-17-15-13-11-9-7-2/h8,10,14,16,20,22,26,28,39,41,47,49,54-55,59H,6-7,9,11-13,15,17-19,21,23-25,27,29-38,40,42-46,48,50-53H2,1-5H3,(H-,57,60,61,62)/b10-8-,16-14-,22-20-,28-26-,41-39+,49-47+. The Balaban J connectivity index is 4.33. The Morgan fingerprint density at radius 2 is 0.954 bits per heavy atom. The van der Waals surface area contributed by atoms with Gasteiger partial charge in [0.05, 0.1) is 39.9 Å². The Morgan fingerprint density at radius 3 is 1.43 bits per heavy atom. The number of hydrogen-bond acceptors (Lipinski definition) is 6. The molecule has 0 spiro atoms. The van der Waals surface area contributed by atoms with Crippen molar-refractivity contribution in [1.29, 1.82) is 0 Å². The maximum Gasteiger partial charge on any atom is 0.268 e. The number of carbonyl (C=O) groups excluding carboxylic acids is 1. The van der Waals surface area contributed by atoms with Gasteiger partial charge in [0, 0.05) is 6.42 Å². The van der Waals surface area contributed by atoms with E-state index in [0.717, 1.165) is 70.6 Å². The van der Waals surface area contributed by atoms with Crippen LogP contribution < -0.4 is 10.2 Å². The highest BCUT2D eigenvalue weighted by atomic mass is 31.2. The van der Waals surface area contributed by atoms with Crippen molar-refractivity contribution in [1.82, 2.24) is 5.32 Å². The third-order valence-corrected chi connectivity index (χ3v) is 12.6. The van der Waals surface area contributed by atoms with Crippen LogP contribution in [0.3, 0.4) is 0 Å². The first-order chi connectivity index (χ1) is 31.5. The molecule has 378 valence electrons. The fraction of sp³-hybridized carbons (Fsp3) is 0.768. The van der Waals surface area contributed by atoms with Crippen LogP contribution >= 0.6 is 7.82 Å². The molecule has 0 fully saturated rings. The molecule has 0 saturated heterocycles. The van der Waals surface area contributed by atoms with Gasteiger partial charge in [-0.05, 0) is 70.6 Å². The van der Waals surface area contributed by atoms with Gasteiger partial charge in [0.15, 0.2) is 0 Å². The molecule has 1 amide bonds. The fourth-order valence-corrected chi connectivity index (χ4v) is 8.18. The molecular weight excluding hydrogens is 828 g/mol. The number of aliphatic hydroxyl groups excluding tert-OH is 1. The fourth-order valence-electron chi connectivity index (χ4n) is 7.45. The van der Waals surface area contributed by atoms with Crippen molar-refractivity contribution in [2.24, 2.45) is 0 Å². The molecule has 0 aromatic carbocycles. The molecule has 8 nitrogen and oxygen atoms in total. The Labute approximate surface area is 402 Å². The zero-order chi connectivity index (χ0) is 47.8. The average molecular weight is 931 g/mol. The first-order valence-electron chi connectivity index (χ1n) is 26.8. The molecule has 0 rings (SSSR count). The maximum absolute atomic E-state index is 12.9. The normalized spacial score (nSPS) is 14.6. The quantitative estimate of drug-likeness (QED) is 0.0272. The maximum atomic E-state index is 12.9. The average Bonchev–Trinajstić information content (AvgIpc) is 3.26. The Hall–Kier alpha value is -2.06. The van der Waals surface area contributed by atoms with E-state index >= 15 is 0 Å². The molecule has 2 N–H and O–H groups in total. The highest BCUT2D eigenvalue weighted by Crippen LogP contribution is 2.38. The van der Waals surface area contributed by atoms with Gasteiger partial charge in [0.2, 0.25) is 5.91 Å². The van der Waals surface area contributed by atoms with Crippen molar-refractivity contribution < 1.29 is 32.9 Å². The van der Waals surface area contributed by atoms with Gasteiger partial charge in [0.25, 0.3) is 7.82 Å². The van der Waals surface area contributed by atoms with Crippen LogP contribution in [-0.2, 0) is 18.4 Å². The second kappa shape index (κ2) is 47.0. The minimum Gasteiger partial charge on any atom is -0.756 e. The topological polar surface area (TPSA) is 108 Å². The van der Waals surface area contributed by atoms with E-state index < -0.39 is 26.6 Å². The number of quaternary nitrogens is 1. The lowest BCUT2D eigenvalue weighted by atomic mass is 10.0. The molecule has 0 aromatic heterocycles. The van der Waals surface area contributed by atoms with Gasteiger partial charge in [0.1, 0.15) is 13.2 Å². The van der Waals surface area contributed by atoms with E-state index in [0.29, 0.717) is 17.4 Å². The summed E-state index contributed by atoms with van der Waals surface area (Å²) in [5.41, 5.74) is 0. The van der Waals surface area contributed by atoms with E-state index in [-0.39, 0.29) is 12.5 Å². The van der Waals surface area contributed by atoms with Crippen molar-refractivity contribution in [2.75, 3.05) is 40.9 Å². The number of rotatable bonds is 48. The number of unbranched alkanes of at least 4 members (excludes halogenated alkanes) is 25. The SMILES string of the molecule is CC/C=C\C/C=C\C/C=C\C/C=C\CCCCCCCCCCCCC(=O)NC(COP(=O)([O-])OCC[N+](C)(C)C)C(O)/C=C/CC/C=C/CCCCCCCCCCCCCCCC. The Morgan fingerprint density at radius 1 is 0.554 bits per heavy atom. The third-order valence-electron chi connectivity index (χ3n) is 11.7. The summed E-state index contributed by atoms with van der Waals surface area (Å²) in [7, 11) is 1.23. The van der Waals surface area contributed by atoms with Crippen LogP contribution in [0.4, 0.5) is 0 Å². The summed E-state index contributed by atoms with van der Waals surface area (Å²) >= 11 is 0. The van der Waals surface area contributed by atoms with Crippen molar-refractivity contribution >= 4 is 13.7 Å². The highest BCUT2D eigenvalue weighted by molar-refractivity contribution is 7.45. The summed E-state index contributed by atoms with van der Waals surface area (Å²) in [4.78, 5) is 25.4. The number of nitrogens with one attached hydrogen (secondary N) is 1. The van der Waals surface area contributed by atoms with E-state index in [2.05, 4.69) is 79.9 Å². The van der Waals surface area contributed by atoms with Crippen molar-refractivity contribution in [3.05, 3.63) is 72.9 Å². The molecule has 65 heavy (non-hydrogen) atoms. The monoisotopic (exact) mass is 931 g/mol. The van der Waals surface area contributed by atoms with E-state index in [1.807, 2.05) is 27.2 Å². The molecular formula is C56H103N2O6P. The van der Waals surface area contributed by atoms with Crippen LogP contribution in [0.5, 0.6) is 0 Å². The van der Waals surface area contributed by atoms with Gasteiger partial charge >= 0.3 is 0 Å². The Bertz CT molecular complexity index is 1290. The van der Waals surface area contributed by atoms with Crippen LogP contribution in [0.15, 0.2) is 72.9 Å². The molecule has 0 aliphatic heterocycles. The highest BCUT2D eigenvalue weighted by Gasteiger charge is 2.23. The molecule has 9 heteroatoms. The number of allylic oxidation sites excluding steroid dienone is 11. The molecule has 3 unspecified atom stereocenters. The van der Waals surface area contributed by atoms with E-state index in [1.54, 1.807) is 6.08 Å². The number of aliphatic hydroxyl groups is 1. The van der Waals surface area contributed by atoms with Gasteiger partial charge in [-0.2, -0.15) is 0 Å². The lowest BCUT2D eigenvalue weighted by molar-refractivity contribution is -0.870. The first-order valence-corrected chi connectivity index (χ1v) is 28.3. The van der Waals surface area contributed by atoms with Crippen molar-refractivity contribution in [3.63, 3.8) is 0 Å². The molecule has 0 aromatic rings. The number of likely N-dealkylation sites (N-methyl/N-ethyl adjacent to an activating group) is 1. The Kier molecular flexibility index (Phi) is 45.5. The molecule has 0 bridgehead atoms. The predicted molar refractivity (Wildman–Crippen MR) is 279 cm³/mol. The summed E-state index contributed by atoms with van der Waals surface area (Å²) in [5.74, 6) is -0.213. The number of nitrogens with zero attached hydrogens (tertiary/aromatic N) is 1. The second-order valence-corrected chi connectivity index (χ2v) is 20.6. The molecule has 3 atom stereocenters. The third kappa shape index (κ3) is 49.7. The molecule has 0 saturated carbocycles. The van der Waals surface area contributed by atoms with E-state index in [1.165, 1.54) is 135 Å². The van der Waals surface area contributed by atoms with Crippen LogP contribution in [-0.4, -0.2) is 68.5 Å². The predicted octanol–water partition coefficient (Wildman–Crippen LogP) is 15.3. The lowest BCUT2D eigenvalue weighted by Gasteiger charge is -2.29. The van der Waals surface area contributed by atoms with Crippen LogP contribution in [0, 0.1) is 0 Å². The van der Waals surface area contributed by atoms with Crippen LogP contribution in [0.25, 0.3) is 0 Å². The molecule has 0 radical (unpaired) electrons. The van der Waals surface area contributed by atoms with E-state index in [4.69, 9.17) is 9.05 Å². The van der Waals surface area contributed by atoms with Crippen LogP contribution in [0.2, 0.25) is 0 Å². The molecule has 0 heterocycles. The number of hydrogen-bond donors (Lipinski definition) is 2. The summed E-state index contributed by atoms with van der Waals surface area (Å²) in [5, 5.41) is 13.8. The van der Waals surface area contributed by atoms with Gasteiger partial charge in [-0.15, -0.1) is 0 Å². The minimum atomic E-state index is -4.61. The van der Waals surface area contributed by atoms with Crippen molar-refractivity contribution in [3.8, 4) is 0 Å². The summed E-state index contributed by atoms with van der Waals surface area (Å²) in [6.07, 6.45) is 63.9. The second-order valence-electron chi connectivity index (χ2n) is 19.2. The zero-order valence-electron chi connectivity index (χ0n) is 42.9. The van der Waals surface area contributed by atoms with E-state index in [9.17, 15) is 19.4 Å². The van der Waals surface area contributed by atoms with Gasteiger partial charge in [-0.1, -0.05) is 222 Å². The van der Waals surface area contributed by atoms with Gasteiger partial charge < -0.3 is 28.8 Å². The van der Waals surface area contributed by atoms with Crippen LogP contribution in [0.1, 0.15) is 226 Å². The summed E-state index contributed by atoms with van der Waals surface area (Å²) in [6.45, 7) is 4.52. The first kappa shape index (κ1) is 62.9. The smallest absolute Gasteiger partial charge is 0.268 e. The molecule has 0 aliphatic rings.